The highest BCUT2D eigenvalue weighted by Gasteiger charge is 2.26. The fourth-order valence-electron chi connectivity index (χ4n) is 3.09. The van der Waals surface area contributed by atoms with Crippen molar-refractivity contribution < 1.29 is 9.53 Å². The number of methoxy groups -OCH3 is 1. The van der Waals surface area contributed by atoms with Crippen molar-refractivity contribution in [3.63, 3.8) is 0 Å². The predicted molar refractivity (Wildman–Crippen MR) is 84.2 cm³/mol. The molecule has 0 radical (unpaired) electrons. The van der Waals surface area contributed by atoms with Gasteiger partial charge in [-0.3, -0.25) is 4.79 Å². The molecule has 0 bridgehead atoms. The Morgan fingerprint density at radius 3 is 2.95 bits per heavy atom. The summed E-state index contributed by atoms with van der Waals surface area (Å²) in [4.78, 5) is 12.1. The molecule has 1 aliphatic rings. The fraction of sp³-hybridized carbons (Fsp3) is 0.588. The summed E-state index contributed by atoms with van der Waals surface area (Å²) in [6, 6.07) is 8.27. The number of carbonyl (C=O) groups is 1. The van der Waals surface area contributed by atoms with Gasteiger partial charge in [0.15, 0.2) is 0 Å². The van der Waals surface area contributed by atoms with Gasteiger partial charge in [0, 0.05) is 18.5 Å². The highest BCUT2D eigenvalue weighted by atomic mass is 16.5. The maximum atomic E-state index is 12.1. The van der Waals surface area contributed by atoms with Crippen molar-refractivity contribution >= 4 is 5.91 Å². The first-order valence-electron chi connectivity index (χ1n) is 7.76. The van der Waals surface area contributed by atoms with E-state index in [0.29, 0.717) is 12.3 Å². The van der Waals surface area contributed by atoms with E-state index in [2.05, 4.69) is 11.4 Å². The van der Waals surface area contributed by atoms with Crippen LogP contribution in [-0.4, -0.2) is 25.1 Å². The van der Waals surface area contributed by atoms with E-state index in [1.54, 1.807) is 7.11 Å². The third kappa shape index (κ3) is 4.74. The highest BCUT2D eigenvalue weighted by Crippen LogP contribution is 2.26. The first kappa shape index (κ1) is 15.8. The van der Waals surface area contributed by atoms with Gasteiger partial charge in [-0.05, 0) is 49.8 Å². The van der Waals surface area contributed by atoms with Crippen molar-refractivity contribution in [1.29, 1.82) is 0 Å². The molecule has 0 spiro atoms. The summed E-state index contributed by atoms with van der Waals surface area (Å²) in [5.74, 6) is 1.32. The molecule has 1 saturated carbocycles. The topological polar surface area (TPSA) is 64.3 Å². The molecular weight excluding hydrogens is 264 g/mol. The Bertz CT molecular complexity index is 476. The molecular formula is C17H26N2O2. The van der Waals surface area contributed by atoms with Crippen LogP contribution in [0.25, 0.3) is 0 Å². The van der Waals surface area contributed by atoms with Gasteiger partial charge in [-0.1, -0.05) is 18.6 Å². The number of ether oxygens (including phenoxy) is 1. The number of hydrogen-bond donors (Lipinski definition) is 2. The lowest BCUT2D eigenvalue weighted by atomic mass is 9.99. The smallest absolute Gasteiger partial charge is 0.220 e. The van der Waals surface area contributed by atoms with Gasteiger partial charge >= 0.3 is 0 Å². The number of hydrogen-bond acceptors (Lipinski definition) is 3. The van der Waals surface area contributed by atoms with Crippen molar-refractivity contribution in [1.82, 2.24) is 5.32 Å². The van der Waals surface area contributed by atoms with Crippen LogP contribution in [0.15, 0.2) is 24.3 Å². The SMILES string of the molecule is COc1cccc(CC(C)NC(=O)C[C@@H]2CCC[C@H]2N)c1. The molecule has 3 N–H and O–H groups in total. The molecule has 1 aliphatic carbocycles. The molecule has 4 heteroatoms. The molecule has 1 unspecified atom stereocenters. The summed E-state index contributed by atoms with van der Waals surface area (Å²) in [7, 11) is 1.66. The molecule has 0 heterocycles. The quantitative estimate of drug-likeness (QED) is 0.844. The van der Waals surface area contributed by atoms with E-state index in [1.807, 2.05) is 25.1 Å². The maximum Gasteiger partial charge on any atom is 0.220 e. The lowest BCUT2D eigenvalue weighted by Gasteiger charge is -2.18. The predicted octanol–water partition coefficient (Wildman–Crippen LogP) is 2.26. The Kier molecular flexibility index (Phi) is 5.62. The molecule has 0 saturated heterocycles. The van der Waals surface area contributed by atoms with Crippen LogP contribution in [0.3, 0.4) is 0 Å². The van der Waals surface area contributed by atoms with Crippen LogP contribution in [0.4, 0.5) is 0 Å². The molecule has 4 nitrogen and oxygen atoms in total. The van der Waals surface area contributed by atoms with E-state index < -0.39 is 0 Å². The number of carbonyl (C=O) groups excluding carboxylic acids is 1. The average molecular weight is 290 g/mol. The van der Waals surface area contributed by atoms with Crippen molar-refractivity contribution in [2.24, 2.45) is 11.7 Å². The standard InChI is InChI=1S/C17H26N2O2/c1-12(9-13-5-3-7-15(10-13)21-2)19-17(20)11-14-6-4-8-16(14)18/h3,5,7,10,12,14,16H,4,6,8-9,11,18H2,1-2H3,(H,19,20)/t12?,14-,16+/m0/s1. The third-order valence-corrected chi connectivity index (χ3v) is 4.25. The second-order valence-corrected chi connectivity index (χ2v) is 6.08. The van der Waals surface area contributed by atoms with Gasteiger partial charge in [0.25, 0.3) is 0 Å². The van der Waals surface area contributed by atoms with E-state index in [4.69, 9.17) is 10.5 Å². The van der Waals surface area contributed by atoms with E-state index in [0.717, 1.165) is 31.4 Å². The van der Waals surface area contributed by atoms with Gasteiger partial charge in [-0.2, -0.15) is 0 Å². The number of benzene rings is 1. The van der Waals surface area contributed by atoms with Gasteiger partial charge in [0.05, 0.1) is 7.11 Å². The Morgan fingerprint density at radius 2 is 2.29 bits per heavy atom. The molecule has 0 aromatic heterocycles. The molecule has 1 fully saturated rings. The number of nitrogens with one attached hydrogen (secondary N) is 1. The molecule has 21 heavy (non-hydrogen) atoms. The van der Waals surface area contributed by atoms with E-state index in [-0.39, 0.29) is 18.0 Å². The molecule has 2 rings (SSSR count). The first-order chi connectivity index (χ1) is 10.1. The monoisotopic (exact) mass is 290 g/mol. The Hall–Kier alpha value is -1.55. The van der Waals surface area contributed by atoms with Crippen LogP contribution < -0.4 is 15.8 Å². The van der Waals surface area contributed by atoms with Gasteiger partial charge in [-0.15, -0.1) is 0 Å². The molecule has 0 aliphatic heterocycles. The molecule has 1 aromatic rings. The summed E-state index contributed by atoms with van der Waals surface area (Å²) >= 11 is 0. The van der Waals surface area contributed by atoms with E-state index in [1.165, 1.54) is 5.56 Å². The van der Waals surface area contributed by atoms with E-state index >= 15 is 0 Å². The highest BCUT2D eigenvalue weighted by molar-refractivity contribution is 5.76. The average Bonchev–Trinajstić information content (AvgIpc) is 2.84. The molecule has 116 valence electrons. The minimum atomic E-state index is 0.113. The number of amides is 1. The summed E-state index contributed by atoms with van der Waals surface area (Å²) in [5.41, 5.74) is 7.19. The van der Waals surface area contributed by atoms with Crippen molar-refractivity contribution in [3.05, 3.63) is 29.8 Å². The Balaban J connectivity index is 1.80. The molecule has 3 atom stereocenters. The fourth-order valence-corrected chi connectivity index (χ4v) is 3.09. The first-order valence-corrected chi connectivity index (χ1v) is 7.76. The maximum absolute atomic E-state index is 12.1. The summed E-state index contributed by atoms with van der Waals surface area (Å²) in [5, 5.41) is 3.08. The van der Waals surface area contributed by atoms with Crippen molar-refractivity contribution in [2.45, 2.75) is 51.1 Å². The largest absolute Gasteiger partial charge is 0.497 e. The van der Waals surface area contributed by atoms with Gasteiger partial charge in [0.1, 0.15) is 5.75 Å². The Morgan fingerprint density at radius 1 is 1.48 bits per heavy atom. The zero-order valence-electron chi connectivity index (χ0n) is 13.0. The Labute approximate surface area is 127 Å². The molecule has 1 amide bonds. The van der Waals surface area contributed by atoms with Gasteiger partial charge in [0.2, 0.25) is 5.91 Å². The van der Waals surface area contributed by atoms with Crippen molar-refractivity contribution in [2.75, 3.05) is 7.11 Å². The lowest BCUT2D eigenvalue weighted by Crippen LogP contribution is -2.37. The zero-order chi connectivity index (χ0) is 15.2. The van der Waals surface area contributed by atoms with Crippen LogP contribution in [0.5, 0.6) is 5.75 Å². The van der Waals surface area contributed by atoms with Crippen LogP contribution in [0, 0.1) is 5.92 Å². The number of rotatable bonds is 6. The van der Waals surface area contributed by atoms with Gasteiger partial charge in [-0.25, -0.2) is 0 Å². The molecule has 1 aromatic carbocycles. The lowest BCUT2D eigenvalue weighted by molar-refractivity contribution is -0.122. The van der Waals surface area contributed by atoms with Crippen LogP contribution in [0.2, 0.25) is 0 Å². The minimum absolute atomic E-state index is 0.113. The van der Waals surface area contributed by atoms with E-state index in [9.17, 15) is 4.79 Å². The zero-order valence-corrected chi connectivity index (χ0v) is 13.0. The second kappa shape index (κ2) is 7.46. The third-order valence-electron chi connectivity index (χ3n) is 4.25. The summed E-state index contributed by atoms with van der Waals surface area (Å²) in [6.07, 6.45) is 4.65. The van der Waals surface area contributed by atoms with Crippen LogP contribution in [-0.2, 0) is 11.2 Å². The normalized spacial score (nSPS) is 22.8. The summed E-state index contributed by atoms with van der Waals surface area (Å²) < 4.78 is 5.22. The summed E-state index contributed by atoms with van der Waals surface area (Å²) in [6.45, 7) is 2.03. The van der Waals surface area contributed by atoms with Crippen molar-refractivity contribution in [3.8, 4) is 5.75 Å². The van der Waals surface area contributed by atoms with Crippen LogP contribution >= 0.6 is 0 Å². The van der Waals surface area contributed by atoms with Crippen LogP contribution in [0.1, 0.15) is 38.2 Å². The second-order valence-electron chi connectivity index (χ2n) is 6.08. The van der Waals surface area contributed by atoms with Gasteiger partial charge < -0.3 is 15.8 Å². The minimum Gasteiger partial charge on any atom is -0.497 e. The number of nitrogens with two attached hydrogens (primary N) is 1.